The van der Waals surface area contributed by atoms with Gasteiger partial charge in [-0.3, -0.25) is 0 Å². The molecular weight excluding hydrogens is 382 g/mol. The van der Waals surface area contributed by atoms with Crippen LogP contribution in [0.2, 0.25) is 0 Å². The summed E-state index contributed by atoms with van der Waals surface area (Å²) >= 11 is 3.59. The van der Waals surface area contributed by atoms with E-state index in [1.807, 2.05) is 36.4 Å². The maximum atomic E-state index is 9.43. The van der Waals surface area contributed by atoms with Gasteiger partial charge in [-0.1, -0.05) is 24.3 Å². The van der Waals surface area contributed by atoms with E-state index < -0.39 is 5.54 Å². The molecule has 2 aromatic rings. The first kappa shape index (κ1) is 18.2. The molecule has 25 heavy (non-hydrogen) atoms. The first-order valence-electron chi connectivity index (χ1n) is 8.59. The zero-order chi connectivity index (χ0) is 17.7. The number of hydrogen-bond donors (Lipinski definition) is 2. The highest BCUT2D eigenvalue weighted by Crippen LogP contribution is 2.41. The smallest absolute Gasteiger partial charge is 0.133 e. The van der Waals surface area contributed by atoms with E-state index in [-0.39, 0.29) is 6.61 Å². The molecule has 0 radical (unpaired) electrons. The van der Waals surface area contributed by atoms with Gasteiger partial charge in [-0.25, -0.2) is 0 Å². The van der Waals surface area contributed by atoms with Crippen LogP contribution in [0.4, 0.5) is 0 Å². The predicted molar refractivity (Wildman–Crippen MR) is 102 cm³/mol. The van der Waals surface area contributed by atoms with Crippen LogP contribution >= 0.6 is 15.9 Å². The third kappa shape index (κ3) is 4.75. The molecule has 2 atom stereocenters. The summed E-state index contributed by atoms with van der Waals surface area (Å²) in [5.74, 6) is 2.04. The van der Waals surface area contributed by atoms with Gasteiger partial charge in [0, 0.05) is 5.54 Å². The summed E-state index contributed by atoms with van der Waals surface area (Å²) < 4.78 is 12.4. The molecule has 4 nitrogen and oxygen atoms in total. The minimum atomic E-state index is -0.429. The van der Waals surface area contributed by atoms with Crippen molar-refractivity contribution < 1.29 is 14.6 Å². The second-order valence-corrected chi connectivity index (χ2v) is 7.51. The van der Waals surface area contributed by atoms with Gasteiger partial charge in [-0.2, -0.15) is 0 Å². The summed E-state index contributed by atoms with van der Waals surface area (Å²) in [7, 11) is 0. The Labute approximate surface area is 157 Å². The molecule has 0 aromatic heterocycles. The molecule has 0 bridgehead atoms. The average molecular weight is 406 g/mol. The van der Waals surface area contributed by atoms with Crippen molar-refractivity contribution in [1.29, 1.82) is 0 Å². The summed E-state index contributed by atoms with van der Waals surface area (Å²) in [4.78, 5) is 0. The second kappa shape index (κ2) is 8.21. The van der Waals surface area contributed by atoms with Crippen molar-refractivity contribution in [2.45, 2.75) is 30.7 Å². The maximum absolute atomic E-state index is 9.43. The Hall–Kier alpha value is -1.56. The predicted octanol–water partition coefficient (Wildman–Crippen LogP) is 3.86. The van der Waals surface area contributed by atoms with E-state index in [0.29, 0.717) is 19.1 Å². The monoisotopic (exact) mass is 405 g/mol. The van der Waals surface area contributed by atoms with Crippen molar-refractivity contribution in [2.24, 2.45) is 5.73 Å². The zero-order valence-electron chi connectivity index (χ0n) is 14.2. The largest absolute Gasteiger partial charge is 0.490 e. The number of halogens is 1. The molecular formula is C20H24BrNO3. The van der Waals surface area contributed by atoms with Gasteiger partial charge in [0.1, 0.15) is 24.7 Å². The van der Waals surface area contributed by atoms with Crippen LogP contribution in [0.3, 0.4) is 0 Å². The van der Waals surface area contributed by atoms with Crippen LogP contribution < -0.4 is 15.2 Å². The molecule has 1 saturated carbocycles. The summed E-state index contributed by atoms with van der Waals surface area (Å²) in [6.45, 7) is 1.02. The van der Waals surface area contributed by atoms with Gasteiger partial charge < -0.3 is 20.3 Å². The Morgan fingerprint density at radius 2 is 1.88 bits per heavy atom. The number of benzene rings is 2. The Bertz CT molecular complexity index is 695. The van der Waals surface area contributed by atoms with Crippen LogP contribution in [0.25, 0.3) is 0 Å². The highest BCUT2D eigenvalue weighted by molar-refractivity contribution is 9.10. The number of nitrogens with two attached hydrogens (primary N) is 1. The Balaban J connectivity index is 1.52. The van der Waals surface area contributed by atoms with Gasteiger partial charge in [0.05, 0.1) is 11.1 Å². The van der Waals surface area contributed by atoms with Gasteiger partial charge in [0.25, 0.3) is 0 Å². The standard InChI is InChI=1S/C20H24BrNO3/c21-18-12-15(16-8-9-20(22,13-16)14-23)6-7-19(18)25-11-10-24-17-4-2-1-3-5-17/h1-7,12,16,23H,8-11,13-14,22H2/t16-,20-/m1/s1. The molecule has 0 heterocycles. The lowest BCUT2D eigenvalue weighted by Gasteiger charge is -2.21. The van der Waals surface area contributed by atoms with Crippen LogP contribution in [0.1, 0.15) is 30.7 Å². The maximum Gasteiger partial charge on any atom is 0.133 e. The van der Waals surface area contributed by atoms with Crippen molar-refractivity contribution >= 4 is 15.9 Å². The van der Waals surface area contributed by atoms with E-state index in [0.717, 1.165) is 35.2 Å². The van der Waals surface area contributed by atoms with E-state index in [2.05, 4.69) is 28.1 Å². The number of hydrogen-bond acceptors (Lipinski definition) is 4. The number of aliphatic hydroxyl groups is 1. The topological polar surface area (TPSA) is 64.7 Å². The van der Waals surface area contributed by atoms with E-state index in [9.17, 15) is 5.11 Å². The molecule has 0 unspecified atom stereocenters. The average Bonchev–Trinajstić information content (AvgIpc) is 3.04. The highest BCUT2D eigenvalue weighted by Gasteiger charge is 2.35. The van der Waals surface area contributed by atoms with Crippen LogP contribution in [0, 0.1) is 0 Å². The van der Waals surface area contributed by atoms with Crippen molar-refractivity contribution in [3.05, 3.63) is 58.6 Å². The third-order valence-electron chi connectivity index (χ3n) is 4.74. The molecule has 0 spiro atoms. The van der Waals surface area contributed by atoms with E-state index in [4.69, 9.17) is 15.2 Å². The van der Waals surface area contributed by atoms with E-state index >= 15 is 0 Å². The van der Waals surface area contributed by atoms with Crippen LogP contribution in [-0.4, -0.2) is 30.5 Å². The summed E-state index contributed by atoms with van der Waals surface area (Å²) in [5, 5.41) is 9.43. The molecule has 0 amide bonds. The SMILES string of the molecule is N[C@]1(CO)CC[C@@H](c2ccc(OCCOc3ccccc3)c(Br)c2)C1. The fourth-order valence-corrected chi connectivity index (χ4v) is 3.81. The molecule has 1 fully saturated rings. The fraction of sp³-hybridized carbons (Fsp3) is 0.400. The molecule has 1 aliphatic carbocycles. The highest BCUT2D eigenvalue weighted by atomic mass is 79.9. The van der Waals surface area contributed by atoms with Crippen LogP contribution in [0.5, 0.6) is 11.5 Å². The minimum Gasteiger partial charge on any atom is -0.490 e. The van der Waals surface area contributed by atoms with Gasteiger partial charge in [0.15, 0.2) is 0 Å². The molecule has 0 saturated heterocycles. The van der Waals surface area contributed by atoms with Crippen LogP contribution in [0.15, 0.2) is 53.0 Å². The first-order valence-corrected chi connectivity index (χ1v) is 9.39. The number of rotatable bonds is 7. The number of ether oxygens (including phenoxy) is 2. The molecule has 0 aliphatic heterocycles. The van der Waals surface area contributed by atoms with Crippen molar-refractivity contribution in [3.63, 3.8) is 0 Å². The quantitative estimate of drug-likeness (QED) is 0.686. The van der Waals surface area contributed by atoms with Gasteiger partial charge in [0.2, 0.25) is 0 Å². The molecule has 1 aliphatic rings. The van der Waals surface area contributed by atoms with E-state index in [1.165, 1.54) is 5.56 Å². The van der Waals surface area contributed by atoms with Crippen molar-refractivity contribution in [3.8, 4) is 11.5 Å². The Morgan fingerprint density at radius 3 is 2.56 bits per heavy atom. The zero-order valence-corrected chi connectivity index (χ0v) is 15.7. The first-order chi connectivity index (χ1) is 12.1. The van der Waals surface area contributed by atoms with Gasteiger partial charge >= 0.3 is 0 Å². The van der Waals surface area contributed by atoms with Gasteiger partial charge in [-0.05, 0) is 70.9 Å². The molecule has 5 heteroatoms. The summed E-state index contributed by atoms with van der Waals surface area (Å²) in [6.07, 6.45) is 2.69. The Kier molecular flexibility index (Phi) is 5.99. The third-order valence-corrected chi connectivity index (χ3v) is 5.36. The Morgan fingerprint density at radius 1 is 1.12 bits per heavy atom. The second-order valence-electron chi connectivity index (χ2n) is 6.66. The number of para-hydroxylation sites is 1. The summed E-state index contributed by atoms with van der Waals surface area (Å²) in [5.41, 5.74) is 6.99. The molecule has 134 valence electrons. The van der Waals surface area contributed by atoms with Crippen molar-refractivity contribution in [2.75, 3.05) is 19.8 Å². The lowest BCUT2D eigenvalue weighted by molar-refractivity contribution is 0.198. The fourth-order valence-electron chi connectivity index (χ4n) is 3.30. The molecule has 2 aromatic carbocycles. The summed E-state index contributed by atoms with van der Waals surface area (Å²) in [6, 6.07) is 15.9. The molecule has 3 N–H and O–H groups in total. The van der Waals surface area contributed by atoms with Crippen molar-refractivity contribution in [1.82, 2.24) is 0 Å². The normalized spacial score (nSPS) is 22.8. The minimum absolute atomic E-state index is 0.0489. The van der Waals surface area contributed by atoms with E-state index in [1.54, 1.807) is 0 Å². The molecule has 3 rings (SSSR count). The van der Waals surface area contributed by atoms with Gasteiger partial charge in [-0.15, -0.1) is 0 Å². The lowest BCUT2D eigenvalue weighted by Crippen LogP contribution is -2.40. The van der Waals surface area contributed by atoms with Crippen LogP contribution in [-0.2, 0) is 0 Å². The number of aliphatic hydroxyl groups excluding tert-OH is 1. The lowest BCUT2D eigenvalue weighted by atomic mass is 9.94.